The molecule has 0 aromatic carbocycles. The number of hydrogen-bond donors (Lipinski definition) is 2. The van der Waals surface area contributed by atoms with Crippen LogP contribution in [-0.2, 0) is 16.1 Å². The van der Waals surface area contributed by atoms with Crippen LogP contribution in [0, 0.1) is 6.92 Å². The third kappa shape index (κ3) is 8.56. The first-order valence-corrected chi connectivity index (χ1v) is 14.2. The fraction of sp³-hybridized carbons (Fsp3) is 0.533. The number of likely N-dealkylation sites (tertiary alicyclic amines) is 1. The average molecular weight is 553 g/mol. The zero-order chi connectivity index (χ0) is 28.3. The van der Waals surface area contributed by atoms with E-state index in [9.17, 15) is 9.18 Å². The number of ether oxygens (including phenoxy) is 2. The number of halogens is 1. The molecule has 0 spiro atoms. The third-order valence-electron chi connectivity index (χ3n) is 7.39. The van der Waals surface area contributed by atoms with Gasteiger partial charge in [0.15, 0.2) is 12.0 Å². The van der Waals surface area contributed by atoms with Crippen molar-refractivity contribution in [2.45, 2.75) is 76.8 Å². The molecule has 3 N–H and O–H groups in total. The van der Waals surface area contributed by atoms with Gasteiger partial charge in [-0.1, -0.05) is 19.3 Å². The lowest BCUT2D eigenvalue weighted by atomic mass is 10.0. The highest BCUT2D eigenvalue weighted by Crippen LogP contribution is 2.31. The molecule has 1 saturated carbocycles. The standard InChI is InChI=1S/C30H41FN6O3/c1-21-14-24(32)18-33-12-7-10-26(22-15-34-28(35-16-22)20-39-25-8-3-4-9-25)29(21)40-19-23(31)17-36-30(38)27-11-5-6-13-37(27)2/h7,10,12,14-16,18,23,25,27H,3-6,8-9,11,13,17,19-20,32H2,1-2H3,(H,36,38). The van der Waals surface area contributed by atoms with Crippen molar-refractivity contribution in [2.75, 3.05) is 32.5 Å². The molecule has 3 heterocycles. The number of alkyl halides is 1. The van der Waals surface area contributed by atoms with E-state index in [0.717, 1.165) is 38.6 Å². The fourth-order valence-corrected chi connectivity index (χ4v) is 5.16. The lowest BCUT2D eigenvalue weighted by Gasteiger charge is -2.31. The summed E-state index contributed by atoms with van der Waals surface area (Å²) in [6.07, 6.45) is 12.9. The maximum absolute atomic E-state index is 15.0. The SMILES string of the molecule is Cc1cc(N)cncccc(-c2cnc(COC3CCCC3)nc2)c1OCC(F)CNC(=O)C1CCCCN1C. The van der Waals surface area contributed by atoms with Gasteiger partial charge in [0.1, 0.15) is 19.0 Å². The van der Waals surface area contributed by atoms with E-state index < -0.39 is 6.17 Å². The number of rotatable bonds is 10. The minimum Gasteiger partial charge on any atom is -0.490 e. The van der Waals surface area contributed by atoms with Gasteiger partial charge in [0, 0.05) is 35.9 Å². The number of nitrogens with zero attached hydrogens (tertiary/aromatic N) is 4. The first-order valence-electron chi connectivity index (χ1n) is 14.2. The van der Waals surface area contributed by atoms with Crippen molar-refractivity contribution in [2.24, 2.45) is 0 Å². The van der Waals surface area contributed by atoms with Crippen molar-refractivity contribution in [3.63, 3.8) is 0 Å². The van der Waals surface area contributed by atoms with Crippen molar-refractivity contribution in [3.05, 3.63) is 54.4 Å². The van der Waals surface area contributed by atoms with Crippen LogP contribution < -0.4 is 15.8 Å². The molecule has 4 rings (SSSR count). The fourth-order valence-electron chi connectivity index (χ4n) is 5.16. The topological polar surface area (TPSA) is 115 Å². The smallest absolute Gasteiger partial charge is 0.237 e. The number of nitrogens with one attached hydrogen (secondary N) is 1. The molecule has 1 aliphatic heterocycles. The van der Waals surface area contributed by atoms with E-state index in [1.165, 1.54) is 19.0 Å². The van der Waals surface area contributed by atoms with Crippen LogP contribution in [0.2, 0.25) is 0 Å². The Balaban J connectivity index is 1.49. The molecular weight excluding hydrogens is 511 g/mol. The molecule has 216 valence electrons. The van der Waals surface area contributed by atoms with E-state index in [-0.39, 0.29) is 31.2 Å². The largest absolute Gasteiger partial charge is 0.490 e. The van der Waals surface area contributed by atoms with Crippen molar-refractivity contribution in [1.82, 2.24) is 25.2 Å². The molecular formula is C30H41FN6O3. The minimum absolute atomic E-state index is 0.127. The van der Waals surface area contributed by atoms with E-state index in [0.29, 0.717) is 40.6 Å². The molecule has 0 radical (unpaired) electrons. The summed E-state index contributed by atoms with van der Waals surface area (Å²) in [6, 6.07) is 5.09. The molecule has 1 amide bonds. The molecule has 10 heteroatoms. The number of carbonyl (C=O) groups is 1. The highest BCUT2D eigenvalue weighted by molar-refractivity contribution is 5.81. The molecule has 0 bridgehead atoms. The number of likely N-dealkylation sites (N-methyl/N-ethyl adjacent to an activating group) is 1. The molecule has 9 nitrogen and oxygen atoms in total. The number of anilines is 1. The molecule has 1 saturated heterocycles. The summed E-state index contributed by atoms with van der Waals surface area (Å²) < 4.78 is 27.0. The van der Waals surface area contributed by atoms with Gasteiger partial charge in [0.2, 0.25) is 5.91 Å². The molecule has 2 fully saturated rings. The number of nitrogen functional groups attached to an aromatic ring is 1. The van der Waals surface area contributed by atoms with Gasteiger partial charge < -0.3 is 20.5 Å². The van der Waals surface area contributed by atoms with Gasteiger partial charge in [0.25, 0.3) is 0 Å². The van der Waals surface area contributed by atoms with E-state index in [4.69, 9.17) is 15.2 Å². The zero-order valence-electron chi connectivity index (χ0n) is 23.5. The number of aromatic nitrogens is 3. The van der Waals surface area contributed by atoms with Crippen LogP contribution in [0.25, 0.3) is 11.1 Å². The quantitative estimate of drug-likeness (QED) is 0.448. The summed E-state index contributed by atoms with van der Waals surface area (Å²) in [4.78, 5) is 27.8. The van der Waals surface area contributed by atoms with Crippen LogP contribution >= 0.6 is 0 Å². The van der Waals surface area contributed by atoms with Crippen LogP contribution in [0.5, 0.6) is 5.75 Å². The third-order valence-corrected chi connectivity index (χ3v) is 7.39. The Hall–Kier alpha value is -3.37. The number of amides is 1. The predicted molar refractivity (Wildman–Crippen MR) is 153 cm³/mol. The van der Waals surface area contributed by atoms with Crippen molar-refractivity contribution in [3.8, 4) is 16.9 Å². The normalized spacial score (nSPS) is 18.6. The highest BCUT2D eigenvalue weighted by Gasteiger charge is 2.26. The lowest BCUT2D eigenvalue weighted by molar-refractivity contribution is -0.127. The molecule has 2 aliphatic rings. The second-order valence-electron chi connectivity index (χ2n) is 10.6. The van der Waals surface area contributed by atoms with Gasteiger partial charge in [-0.25, -0.2) is 14.4 Å². The van der Waals surface area contributed by atoms with E-state index in [1.807, 2.05) is 24.9 Å². The van der Waals surface area contributed by atoms with Crippen LogP contribution in [-0.4, -0.2) is 70.8 Å². The van der Waals surface area contributed by atoms with Crippen molar-refractivity contribution >= 4 is 11.6 Å². The minimum atomic E-state index is -1.40. The monoisotopic (exact) mass is 552 g/mol. The first-order chi connectivity index (χ1) is 19.4. The van der Waals surface area contributed by atoms with Gasteiger partial charge in [-0.15, -0.1) is 0 Å². The molecule has 2 atom stereocenters. The predicted octanol–water partition coefficient (Wildman–Crippen LogP) is 4.33. The van der Waals surface area contributed by atoms with Crippen LogP contribution in [0.1, 0.15) is 56.3 Å². The number of hydrogen-bond acceptors (Lipinski definition) is 8. The number of nitrogens with two attached hydrogens (primary N) is 1. The summed E-state index contributed by atoms with van der Waals surface area (Å²) in [6.45, 7) is 2.70. The summed E-state index contributed by atoms with van der Waals surface area (Å²) in [7, 11) is 1.93. The van der Waals surface area contributed by atoms with Gasteiger partial charge in [0.05, 0.1) is 24.4 Å². The first kappa shape index (κ1) is 29.6. The van der Waals surface area contributed by atoms with E-state index >= 15 is 0 Å². The number of piperidine rings is 1. The zero-order valence-corrected chi connectivity index (χ0v) is 23.5. The molecule has 2 aromatic rings. The maximum atomic E-state index is 15.0. The molecule has 2 unspecified atom stereocenters. The van der Waals surface area contributed by atoms with Gasteiger partial charge >= 0.3 is 0 Å². The van der Waals surface area contributed by atoms with Crippen LogP contribution in [0.15, 0.2) is 43.0 Å². The van der Waals surface area contributed by atoms with Crippen LogP contribution in [0.4, 0.5) is 10.1 Å². The Bertz CT molecular complexity index is 1170. The Morgan fingerprint density at radius 2 is 1.93 bits per heavy atom. The summed E-state index contributed by atoms with van der Waals surface area (Å²) in [5.74, 6) is 0.906. The molecule has 40 heavy (non-hydrogen) atoms. The van der Waals surface area contributed by atoms with Crippen molar-refractivity contribution in [1.29, 1.82) is 0 Å². The summed E-state index contributed by atoms with van der Waals surface area (Å²) >= 11 is 0. The Labute approximate surface area is 236 Å². The van der Waals surface area contributed by atoms with E-state index in [2.05, 4.69) is 20.3 Å². The average Bonchev–Trinajstić information content (AvgIpc) is 3.48. The lowest BCUT2D eigenvalue weighted by Crippen LogP contribution is -2.49. The number of aryl methyl sites for hydroxylation is 1. The summed E-state index contributed by atoms with van der Waals surface area (Å²) in [5, 5.41) is 2.75. The second-order valence-corrected chi connectivity index (χ2v) is 10.6. The maximum Gasteiger partial charge on any atom is 0.237 e. The molecule has 2 aromatic heterocycles. The second kappa shape index (κ2) is 14.9. The highest BCUT2D eigenvalue weighted by atomic mass is 19.1. The van der Waals surface area contributed by atoms with E-state index in [1.54, 1.807) is 30.7 Å². The Morgan fingerprint density at radius 3 is 2.67 bits per heavy atom. The molecule has 1 aliphatic carbocycles. The van der Waals surface area contributed by atoms with Gasteiger partial charge in [-0.3, -0.25) is 14.7 Å². The Kier molecular flexibility index (Phi) is 11.0. The summed E-state index contributed by atoms with van der Waals surface area (Å²) in [5.41, 5.74) is 8.58. The van der Waals surface area contributed by atoms with Gasteiger partial charge in [-0.2, -0.15) is 0 Å². The number of carbonyl (C=O) groups excluding carboxylic acids is 1. The van der Waals surface area contributed by atoms with Crippen molar-refractivity contribution < 1.29 is 18.7 Å². The Morgan fingerprint density at radius 1 is 1.18 bits per heavy atom. The van der Waals surface area contributed by atoms with Crippen LogP contribution in [0.3, 0.4) is 0 Å². The van der Waals surface area contributed by atoms with Gasteiger partial charge in [-0.05, 0) is 70.0 Å².